The highest BCUT2D eigenvalue weighted by molar-refractivity contribution is 6.00. The van der Waals surface area contributed by atoms with Gasteiger partial charge in [0.15, 0.2) is 0 Å². The van der Waals surface area contributed by atoms with E-state index in [4.69, 9.17) is 24.7 Å². The van der Waals surface area contributed by atoms with Crippen LogP contribution in [0.1, 0.15) is 23.2 Å². The third-order valence-corrected chi connectivity index (χ3v) is 4.99. The summed E-state index contributed by atoms with van der Waals surface area (Å²) in [5, 5.41) is 5.02. The average molecular weight is 411 g/mol. The van der Waals surface area contributed by atoms with E-state index in [0.717, 1.165) is 30.4 Å². The first-order chi connectivity index (χ1) is 14.6. The fraction of sp³-hybridized carbons (Fsp3) is 0.364. The number of rotatable bonds is 8. The first kappa shape index (κ1) is 20.2. The van der Waals surface area contributed by atoms with Crippen molar-refractivity contribution in [2.24, 2.45) is 12.8 Å². The first-order valence-electron chi connectivity index (χ1n) is 9.96. The van der Waals surface area contributed by atoms with Crippen LogP contribution in [0, 0.1) is 0 Å². The number of carbonyl (C=O) groups excluding carboxylic acids is 1. The normalized spacial score (nSPS) is 16.5. The van der Waals surface area contributed by atoms with E-state index in [2.05, 4.69) is 5.10 Å². The summed E-state index contributed by atoms with van der Waals surface area (Å²) in [7, 11) is 1.83. The van der Waals surface area contributed by atoms with Crippen molar-refractivity contribution in [2.45, 2.75) is 18.9 Å². The molecule has 1 aliphatic heterocycles. The number of amides is 1. The van der Waals surface area contributed by atoms with Gasteiger partial charge < -0.3 is 24.7 Å². The minimum Gasteiger partial charge on any atom is -0.491 e. The smallest absolute Gasteiger partial charge is 0.252 e. The van der Waals surface area contributed by atoms with Crippen LogP contribution in [0.5, 0.6) is 17.2 Å². The Kier molecular flexibility index (Phi) is 6.15. The molecule has 1 aliphatic rings. The number of ether oxygens (including phenoxy) is 4. The second kappa shape index (κ2) is 9.15. The number of aromatic nitrogens is 2. The summed E-state index contributed by atoms with van der Waals surface area (Å²) < 4.78 is 24.5. The van der Waals surface area contributed by atoms with Crippen LogP contribution in [0.15, 0.2) is 42.6 Å². The highest BCUT2D eigenvalue weighted by Gasteiger charge is 2.15. The summed E-state index contributed by atoms with van der Waals surface area (Å²) in [6, 6.07) is 10.6. The molecule has 1 aromatic heterocycles. The second-order valence-electron chi connectivity index (χ2n) is 7.17. The molecule has 30 heavy (non-hydrogen) atoms. The maximum absolute atomic E-state index is 11.9. The largest absolute Gasteiger partial charge is 0.491 e. The fourth-order valence-corrected chi connectivity index (χ4v) is 3.41. The van der Waals surface area contributed by atoms with Crippen LogP contribution in [0.4, 0.5) is 0 Å². The van der Waals surface area contributed by atoms with Gasteiger partial charge in [-0.2, -0.15) is 5.10 Å². The zero-order valence-corrected chi connectivity index (χ0v) is 16.9. The summed E-state index contributed by atoms with van der Waals surface area (Å²) >= 11 is 0. The summed E-state index contributed by atoms with van der Waals surface area (Å²) in [6.07, 6.45) is 3.92. The lowest BCUT2D eigenvalue weighted by Crippen LogP contribution is -2.27. The molecule has 3 aromatic rings. The molecule has 1 saturated heterocycles. The molecule has 158 valence electrons. The summed E-state index contributed by atoms with van der Waals surface area (Å²) in [6.45, 7) is 2.45. The third kappa shape index (κ3) is 4.72. The Morgan fingerprint density at radius 1 is 1.23 bits per heavy atom. The zero-order valence-electron chi connectivity index (χ0n) is 16.9. The molecule has 0 aliphatic carbocycles. The molecule has 2 heterocycles. The Hall–Kier alpha value is -3.10. The van der Waals surface area contributed by atoms with E-state index >= 15 is 0 Å². The molecule has 2 aromatic carbocycles. The van der Waals surface area contributed by atoms with Gasteiger partial charge in [-0.1, -0.05) is 0 Å². The molecule has 2 N–H and O–H groups in total. The van der Waals surface area contributed by atoms with Crippen molar-refractivity contribution >= 4 is 16.8 Å². The number of aryl methyl sites for hydroxylation is 1. The Morgan fingerprint density at radius 3 is 2.77 bits per heavy atom. The van der Waals surface area contributed by atoms with Gasteiger partial charge in [0.1, 0.15) is 23.9 Å². The quantitative estimate of drug-likeness (QED) is 0.572. The van der Waals surface area contributed by atoms with Gasteiger partial charge in [-0.3, -0.25) is 9.48 Å². The topological polar surface area (TPSA) is 97.8 Å². The van der Waals surface area contributed by atoms with E-state index in [9.17, 15) is 4.79 Å². The van der Waals surface area contributed by atoms with Crippen LogP contribution < -0.4 is 15.2 Å². The molecule has 0 unspecified atom stereocenters. The average Bonchev–Trinajstić information content (AvgIpc) is 3.12. The van der Waals surface area contributed by atoms with Crippen LogP contribution in [0.2, 0.25) is 0 Å². The molecule has 0 bridgehead atoms. The Balaban J connectivity index is 1.36. The molecular weight excluding hydrogens is 386 g/mol. The van der Waals surface area contributed by atoms with E-state index < -0.39 is 5.91 Å². The van der Waals surface area contributed by atoms with Crippen LogP contribution in [0.25, 0.3) is 10.9 Å². The SMILES string of the molecule is Cn1ncc2cc(C(N)=O)c(Oc3ccc(OCCO[C@H]4CCCOC4)cc3)cc21. The van der Waals surface area contributed by atoms with Crippen LogP contribution in [-0.4, -0.2) is 48.2 Å². The fourth-order valence-electron chi connectivity index (χ4n) is 3.41. The van der Waals surface area contributed by atoms with Gasteiger partial charge in [-0.15, -0.1) is 0 Å². The van der Waals surface area contributed by atoms with E-state index in [1.165, 1.54) is 0 Å². The van der Waals surface area contributed by atoms with Crippen LogP contribution in [-0.2, 0) is 16.5 Å². The van der Waals surface area contributed by atoms with Gasteiger partial charge in [0.05, 0.1) is 36.6 Å². The van der Waals surface area contributed by atoms with Gasteiger partial charge in [-0.05, 0) is 43.2 Å². The number of benzene rings is 2. The van der Waals surface area contributed by atoms with E-state index in [-0.39, 0.29) is 6.10 Å². The van der Waals surface area contributed by atoms with Gasteiger partial charge >= 0.3 is 0 Å². The predicted molar refractivity (Wildman–Crippen MR) is 111 cm³/mol. The molecule has 4 rings (SSSR count). The number of primary amides is 1. The Bertz CT molecular complexity index is 1010. The molecule has 0 radical (unpaired) electrons. The van der Waals surface area contributed by atoms with Crippen LogP contribution in [0.3, 0.4) is 0 Å². The lowest BCUT2D eigenvalue weighted by Gasteiger charge is -2.22. The van der Waals surface area contributed by atoms with E-state index in [0.29, 0.717) is 42.6 Å². The lowest BCUT2D eigenvalue weighted by molar-refractivity contribution is -0.0559. The lowest BCUT2D eigenvalue weighted by atomic mass is 10.1. The third-order valence-electron chi connectivity index (χ3n) is 4.99. The molecule has 1 amide bonds. The van der Waals surface area contributed by atoms with Crippen molar-refractivity contribution < 1.29 is 23.7 Å². The molecular formula is C22H25N3O5. The highest BCUT2D eigenvalue weighted by Crippen LogP contribution is 2.30. The van der Waals surface area contributed by atoms with E-state index in [1.54, 1.807) is 35.1 Å². The molecule has 0 saturated carbocycles. The minimum absolute atomic E-state index is 0.161. The monoisotopic (exact) mass is 411 g/mol. The van der Waals surface area contributed by atoms with E-state index in [1.807, 2.05) is 19.2 Å². The van der Waals surface area contributed by atoms with Crippen molar-refractivity contribution in [1.29, 1.82) is 0 Å². The maximum Gasteiger partial charge on any atom is 0.252 e. The molecule has 1 atom stereocenters. The van der Waals surface area contributed by atoms with Crippen molar-refractivity contribution in [3.8, 4) is 17.2 Å². The molecule has 0 spiro atoms. The molecule has 8 heteroatoms. The number of hydrogen-bond donors (Lipinski definition) is 1. The minimum atomic E-state index is -0.556. The summed E-state index contributed by atoms with van der Waals surface area (Å²) in [5.41, 5.74) is 6.68. The van der Waals surface area contributed by atoms with Gasteiger partial charge in [0.25, 0.3) is 5.91 Å². The zero-order chi connectivity index (χ0) is 20.9. The number of nitrogens with two attached hydrogens (primary N) is 1. The van der Waals surface area contributed by atoms with Gasteiger partial charge in [-0.25, -0.2) is 0 Å². The maximum atomic E-state index is 11.9. The van der Waals surface area contributed by atoms with Crippen LogP contribution >= 0.6 is 0 Å². The van der Waals surface area contributed by atoms with Gasteiger partial charge in [0, 0.05) is 25.1 Å². The summed E-state index contributed by atoms with van der Waals surface area (Å²) in [5.74, 6) is 1.11. The molecule has 1 fully saturated rings. The van der Waals surface area contributed by atoms with Gasteiger partial charge in [0.2, 0.25) is 0 Å². The number of carbonyl (C=O) groups is 1. The molecule has 8 nitrogen and oxygen atoms in total. The summed E-state index contributed by atoms with van der Waals surface area (Å²) in [4.78, 5) is 11.9. The van der Waals surface area contributed by atoms with Crippen molar-refractivity contribution in [3.05, 3.63) is 48.2 Å². The first-order valence-corrected chi connectivity index (χ1v) is 9.96. The highest BCUT2D eigenvalue weighted by atomic mass is 16.6. The number of fused-ring (bicyclic) bond motifs is 1. The van der Waals surface area contributed by atoms with Crippen molar-refractivity contribution in [3.63, 3.8) is 0 Å². The number of hydrogen-bond acceptors (Lipinski definition) is 6. The Labute approximate surface area is 174 Å². The Morgan fingerprint density at radius 2 is 2.03 bits per heavy atom. The predicted octanol–water partition coefficient (Wildman–Crippen LogP) is 3.04. The van der Waals surface area contributed by atoms with Crippen molar-refractivity contribution in [1.82, 2.24) is 9.78 Å². The van der Waals surface area contributed by atoms with Crippen molar-refractivity contribution in [2.75, 3.05) is 26.4 Å². The second-order valence-corrected chi connectivity index (χ2v) is 7.17. The number of nitrogens with zero attached hydrogens (tertiary/aromatic N) is 2. The standard InChI is InChI=1S/C22H25N3O5/c1-25-20-12-21(19(22(23)26)11-15(20)13-24-25)30-17-6-4-16(5-7-17)28-9-10-29-18-3-2-8-27-14-18/h4-7,11-13,18H,2-3,8-10,14H2,1H3,(H2,23,26)/t18-/m0/s1.